The molecule has 4 heterocycles. The van der Waals surface area contributed by atoms with E-state index in [9.17, 15) is 27.6 Å². The smallest absolute Gasteiger partial charge is 0.418 e. The van der Waals surface area contributed by atoms with Crippen molar-refractivity contribution in [3.05, 3.63) is 57.6 Å². The standard InChI is InChI=1S/C34H43BrF3N7O4/c35-27-20-22(19-26(30(27)39)34(36,37)38)21-29(31(46)43-12-6-24(7-13-43)42-17-10-40-11-18-42)49-33(48)44-14-8-25(9-15-44)45-16-5-23-3-1-2-4-28(23)41-32(45)47/h1-4,19-20,24-25,29,40H,5-18,21,39H2,(H,41,47)/t29-/m1/s1. The van der Waals surface area contributed by atoms with Gasteiger partial charge in [0.15, 0.2) is 6.10 Å². The van der Waals surface area contributed by atoms with E-state index in [1.807, 2.05) is 29.2 Å². The van der Waals surface area contributed by atoms with Gasteiger partial charge in [0, 0.05) is 87.6 Å². The number of nitrogens with two attached hydrogens (primary N) is 1. The first kappa shape index (κ1) is 35.3. The van der Waals surface area contributed by atoms with Crippen molar-refractivity contribution in [1.82, 2.24) is 24.9 Å². The molecule has 11 nitrogen and oxygen atoms in total. The minimum atomic E-state index is -4.71. The van der Waals surface area contributed by atoms with Crippen molar-refractivity contribution in [2.45, 2.75) is 62.9 Å². The number of para-hydroxylation sites is 1. The molecule has 0 aliphatic carbocycles. The third kappa shape index (κ3) is 8.26. The number of anilines is 2. The number of alkyl halides is 3. The summed E-state index contributed by atoms with van der Waals surface area (Å²) in [5.41, 5.74) is 6.30. The van der Waals surface area contributed by atoms with Gasteiger partial charge in [0.25, 0.3) is 5.91 Å². The number of amides is 4. The van der Waals surface area contributed by atoms with Crippen molar-refractivity contribution in [2.75, 3.05) is 70.0 Å². The van der Waals surface area contributed by atoms with E-state index < -0.39 is 35.5 Å². The number of piperazine rings is 1. The highest BCUT2D eigenvalue weighted by molar-refractivity contribution is 9.10. The Morgan fingerprint density at radius 3 is 2.29 bits per heavy atom. The van der Waals surface area contributed by atoms with Gasteiger partial charge in [0.05, 0.1) is 11.3 Å². The molecule has 3 saturated heterocycles. The molecule has 0 radical (unpaired) electrons. The lowest BCUT2D eigenvalue weighted by Crippen LogP contribution is -2.54. The Morgan fingerprint density at radius 1 is 0.939 bits per heavy atom. The van der Waals surface area contributed by atoms with Crippen LogP contribution in [-0.2, 0) is 28.5 Å². The summed E-state index contributed by atoms with van der Waals surface area (Å²) in [4.78, 5) is 48.0. The van der Waals surface area contributed by atoms with Gasteiger partial charge in [0.1, 0.15) is 0 Å². The van der Waals surface area contributed by atoms with Crippen LogP contribution >= 0.6 is 15.9 Å². The van der Waals surface area contributed by atoms with E-state index in [0.29, 0.717) is 58.0 Å². The molecule has 4 amide bonds. The Hall–Kier alpha value is -3.56. The quantitative estimate of drug-likeness (QED) is 0.371. The largest absolute Gasteiger partial charge is 0.436 e. The Labute approximate surface area is 292 Å². The molecule has 3 fully saturated rings. The average molecular weight is 751 g/mol. The number of nitrogen functional groups attached to an aromatic ring is 1. The van der Waals surface area contributed by atoms with Crippen LogP contribution in [0.25, 0.3) is 0 Å². The highest BCUT2D eigenvalue weighted by atomic mass is 79.9. The maximum atomic E-state index is 14.0. The van der Waals surface area contributed by atoms with Crippen LogP contribution in [0.4, 0.5) is 34.1 Å². The van der Waals surface area contributed by atoms with Crippen molar-refractivity contribution in [1.29, 1.82) is 0 Å². The van der Waals surface area contributed by atoms with Crippen LogP contribution in [0.1, 0.15) is 42.4 Å². The summed E-state index contributed by atoms with van der Waals surface area (Å²) in [6, 6.07) is 10.1. The number of urea groups is 1. The van der Waals surface area contributed by atoms with Gasteiger partial charge in [-0.05, 0) is 77.4 Å². The lowest BCUT2D eigenvalue weighted by atomic mass is 9.99. The average Bonchev–Trinajstić information content (AvgIpc) is 3.27. The van der Waals surface area contributed by atoms with E-state index >= 15 is 0 Å². The third-order valence-electron chi connectivity index (χ3n) is 10.2. The number of nitrogens with zero attached hydrogens (tertiary/aromatic N) is 4. The second-order valence-electron chi connectivity index (χ2n) is 13.2. The van der Waals surface area contributed by atoms with Gasteiger partial charge in [-0.3, -0.25) is 9.69 Å². The lowest BCUT2D eigenvalue weighted by Gasteiger charge is -2.41. The van der Waals surface area contributed by atoms with Gasteiger partial charge < -0.3 is 35.8 Å². The van der Waals surface area contributed by atoms with Gasteiger partial charge in [0.2, 0.25) is 0 Å². The normalized spacial score (nSPS) is 20.7. The lowest BCUT2D eigenvalue weighted by molar-refractivity contribution is -0.142. The van der Waals surface area contributed by atoms with Gasteiger partial charge in [-0.15, -0.1) is 0 Å². The number of rotatable bonds is 6. The number of likely N-dealkylation sites (tertiary alicyclic amines) is 2. The first-order valence-corrected chi connectivity index (χ1v) is 17.8. The summed E-state index contributed by atoms with van der Waals surface area (Å²) in [6.45, 7) is 5.83. The molecule has 6 rings (SSSR count). The van der Waals surface area contributed by atoms with Crippen LogP contribution < -0.4 is 16.4 Å². The molecule has 49 heavy (non-hydrogen) atoms. The number of hydrogen-bond acceptors (Lipinski definition) is 7. The predicted molar refractivity (Wildman–Crippen MR) is 182 cm³/mol. The molecule has 4 aliphatic heterocycles. The van der Waals surface area contributed by atoms with Crippen LogP contribution in [0, 0.1) is 0 Å². The van der Waals surface area contributed by atoms with Gasteiger partial charge in [-0.2, -0.15) is 13.2 Å². The van der Waals surface area contributed by atoms with Crippen molar-refractivity contribution < 1.29 is 32.3 Å². The van der Waals surface area contributed by atoms with Crippen LogP contribution in [0.15, 0.2) is 40.9 Å². The number of ether oxygens (including phenoxy) is 1. The predicted octanol–water partition coefficient (Wildman–Crippen LogP) is 4.55. The maximum absolute atomic E-state index is 14.0. The van der Waals surface area contributed by atoms with Crippen molar-refractivity contribution in [3.8, 4) is 0 Å². The molecule has 2 aromatic carbocycles. The zero-order chi connectivity index (χ0) is 34.7. The summed E-state index contributed by atoms with van der Waals surface area (Å²) in [7, 11) is 0. The molecule has 4 aliphatic rings. The zero-order valence-electron chi connectivity index (χ0n) is 27.3. The summed E-state index contributed by atoms with van der Waals surface area (Å²) in [5, 5.41) is 6.34. The summed E-state index contributed by atoms with van der Waals surface area (Å²) < 4.78 is 47.4. The molecule has 4 N–H and O–H groups in total. The number of carbonyl (C=O) groups is 3. The minimum absolute atomic E-state index is 0.0504. The third-order valence-corrected chi connectivity index (χ3v) is 10.8. The van der Waals surface area contributed by atoms with E-state index in [2.05, 4.69) is 31.5 Å². The molecule has 0 spiro atoms. The van der Waals surface area contributed by atoms with Crippen molar-refractivity contribution in [3.63, 3.8) is 0 Å². The van der Waals surface area contributed by atoms with Crippen LogP contribution in [0.3, 0.4) is 0 Å². The number of hydrogen-bond donors (Lipinski definition) is 3. The second-order valence-corrected chi connectivity index (χ2v) is 14.1. The molecular weight excluding hydrogens is 707 g/mol. The fourth-order valence-electron chi connectivity index (χ4n) is 7.42. The van der Waals surface area contributed by atoms with E-state index in [4.69, 9.17) is 10.5 Å². The first-order valence-electron chi connectivity index (χ1n) is 17.0. The maximum Gasteiger partial charge on any atom is 0.418 e. The molecule has 2 aromatic rings. The number of fused-ring (bicyclic) bond motifs is 1. The number of halogens is 4. The van der Waals surface area contributed by atoms with Crippen LogP contribution in [0.2, 0.25) is 0 Å². The SMILES string of the molecule is Nc1c(Br)cc(C[C@@H](OC(=O)N2CCC(N3CCc4ccccc4NC3=O)CC2)C(=O)N2CCC(N3CCNCC3)CC2)cc1C(F)(F)F. The summed E-state index contributed by atoms with van der Waals surface area (Å²) >= 11 is 3.13. The molecule has 266 valence electrons. The van der Waals surface area contributed by atoms with Gasteiger partial charge >= 0.3 is 18.3 Å². The molecule has 0 aromatic heterocycles. The minimum Gasteiger partial charge on any atom is -0.436 e. The summed E-state index contributed by atoms with van der Waals surface area (Å²) in [6.07, 6.45) is -3.68. The Morgan fingerprint density at radius 2 is 1.59 bits per heavy atom. The van der Waals surface area contributed by atoms with Gasteiger partial charge in [-0.25, -0.2) is 9.59 Å². The number of carbonyl (C=O) groups excluding carboxylic acids is 3. The number of nitrogens with one attached hydrogen (secondary N) is 2. The molecule has 0 unspecified atom stereocenters. The highest BCUT2D eigenvalue weighted by Crippen LogP contribution is 2.38. The first-order chi connectivity index (χ1) is 23.5. The fraction of sp³-hybridized carbons (Fsp3) is 0.559. The van der Waals surface area contributed by atoms with E-state index in [-0.39, 0.29) is 28.5 Å². The monoisotopic (exact) mass is 749 g/mol. The van der Waals surface area contributed by atoms with Crippen LogP contribution in [-0.4, -0.2) is 115 Å². The van der Waals surface area contributed by atoms with E-state index in [1.54, 1.807) is 4.90 Å². The second kappa shape index (κ2) is 15.1. The van der Waals surface area contributed by atoms with E-state index in [1.165, 1.54) is 11.0 Å². The zero-order valence-corrected chi connectivity index (χ0v) is 28.9. The number of piperidine rings is 2. The molecule has 0 saturated carbocycles. The Balaban J connectivity index is 1.12. The topological polar surface area (TPSA) is 123 Å². The summed E-state index contributed by atoms with van der Waals surface area (Å²) in [5.74, 6) is -0.427. The Kier molecular flexibility index (Phi) is 10.9. The van der Waals surface area contributed by atoms with E-state index in [0.717, 1.165) is 56.3 Å². The van der Waals surface area contributed by atoms with Gasteiger partial charge in [-0.1, -0.05) is 18.2 Å². The van der Waals surface area contributed by atoms with Crippen molar-refractivity contribution in [2.24, 2.45) is 0 Å². The fourth-order valence-corrected chi connectivity index (χ4v) is 7.92. The highest BCUT2D eigenvalue weighted by Gasteiger charge is 2.38. The molecule has 1 atom stereocenters. The Bertz CT molecular complexity index is 1520. The number of benzene rings is 2. The molecular formula is C34H43BrF3N7O4. The molecule has 15 heteroatoms. The molecule has 0 bridgehead atoms. The van der Waals surface area contributed by atoms with Crippen LogP contribution in [0.5, 0.6) is 0 Å². The van der Waals surface area contributed by atoms with Crippen molar-refractivity contribution >= 4 is 45.3 Å².